The predicted octanol–water partition coefficient (Wildman–Crippen LogP) is 2.92. The molecule has 0 saturated carbocycles. The molecule has 0 amide bonds. The zero-order chi connectivity index (χ0) is 17.0. The molecule has 0 aliphatic carbocycles. The van der Waals surface area contributed by atoms with E-state index < -0.39 is 17.8 Å². The number of rotatable bonds is 3. The predicted molar refractivity (Wildman–Crippen MR) is 90.9 cm³/mol. The first-order valence-corrected chi connectivity index (χ1v) is 7.57. The van der Waals surface area contributed by atoms with E-state index in [1.54, 1.807) is 24.4 Å². The summed E-state index contributed by atoms with van der Waals surface area (Å²) in [6.45, 7) is 0. The summed E-state index contributed by atoms with van der Waals surface area (Å²) < 4.78 is 23.9. The van der Waals surface area contributed by atoms with Gasteiger partial charge in [-0.3, -0.25) is 0 Å². The number of carbonyl (C=O) groups excluding carboxylic acids is 2. The van der Waals surface area contributed by atoms with Gasteiger partial charge in [0.25, 0.3) is 0 Å². The third kappa shape index (κ3) is 3.79. The van der Waals surface area contributed by atoms with Crippen LogP contribution in [0.5, 0.6) is 0 Å². The Labute approximate surface area is 146 Å². The van der Waals surface area contributed by atoms with Crippen LogP contribution in [0.1, 0.15) is 0 Å². The van der Waals surface area contributed by atoms with E-state index in [-0.39, 0.29) is 11.3 Å². The van der Waals surface area contributed by atoms with E-state index in [4.69, 9.17) is 9.47 Å². The smallest absolute Gasteiger partial charge is 0.355 e. The van der Waals surface area contributed by atoms with Gasteiger partial charge in [-0.25, -0.2) is 14.0 Å². The lowest BCUT2D eigenvalue weighted by molar-refractivity contribution is -0.139. The summed E-state index contributed by atoms with van der Waals surface area (Å²) in [5.41, 5.74) is 0.352. The van der Waals surface area contributed by atoms with Crippen LogP contribution in [0.15, 0.2) is 53.9 Å². The number of allylic oxidation sites excluding steroid dienone is 2. The lowest BCUT2D eigenvalue weighted by atomic mass is 10.1. The minimum Gasteiger partial charge on any atom is -0.465 e. The molecule has 0 spiro atoms. The molecule has 0 unspecified atom stereocenters. The quantitative estimate of drug-likeness (QED) is 0.547. The molecule has 120 valence electrons. The molecule has 0 N–H and O–H groups in total. The van der Waals surface area contributed by atoms with Crippen LogP contribution in [-0.4, -0.2) is 26.2 Å². The van der Waals surface area contributed by atoms with Gasteiger partial charge in [-0.1, -0.05) is 6.08 Å². The molecule has 1 aliphatic rings. The fourth-order valence-corrected chi connectivity index (χ4v) is 2.66. The minimum absolute atomic E-state index is 0.0172. The summed E-state index contributed by atoms with van der Waals surface area (Å²) in [5, 5.41) is 0. The van der Waals surface area contributed by atoms with Gasteiger partial charge >= 0.3 is 11.9 Å². The second kappa shape index (κ2) is 7.40. The van der Waals surface area contributed by atoms with Crippen molar-refractivity contribution in [1.82, 2.24) is 0 Å². The lowest BCUT2D eigenvalue weighted by Gasteiger charge is -2.23. The van der Waals surface area contributed by atoms with E-state index in [2.05, 4.69) is 0 Å². The maximum atomic E-state index is 13.7. The van der Waals surface area contributed by atoms with E-state index in [1.807, 2.05) is 22.6 Å². The summed E-state index contributed by atoms with van der Waals surface area (Å²) in [7, 11) is 2.42. The summed E-state index contributed by atoms with van der Waals surface area (Å²) in [4.78, 5) is 25.6. The molecule has 0 bridgehead atoms. The third-order valence-corrected chi connectivity index (χ3v) is 3.64. The Balaban J connectivity index is 2.68. The first-order valence-electron chi connectivity index (χ1n) is 6.49. The van der Waals surface area contributed by atoms with Gasteiger partial charge in [0.2, 0.25) is 0 Å². The Hall–Kier alpha value is -2.16. The maximum absolute atomic E-state index is 13.7. The fourth-order valence-electron chi connectivity index (χ4n) is 2.04. The van der Waals surface area contributed by atoms with Gasteiger partial charge in [0.15, 0.2) is 0 Å². The fraction of sp³-hybridized carbons (Fsp3) is 0.125. The molecule has 0 aromatic heterocycles. The largest absolute Gasteiger partial charge is 0.465 e. The molecule has 1 heterocycles. The summed E-state index contributed by atoms with van der Waals surface area (Å²) in [5.74, 6) is -1.89. The second-order valence-corrected chi connectivity index (χ2v) is 5.69. The van der Waals surface area contributed by atoms with Crippen molar-refractivity contribution < 1.29 is 23.5 Å². The van der Waals surface area contributed by atoms with Gasteiger partial charge in [-0.05, 0) is 52.9 Å². The van der Waals surface area contributed by atoms with Crippen LogP contribution in [0, 0.1) is 9.39 Å². The highest BCUT2D eigenvalue weighted by Crippen LogP contribution is 2.28. The lowest BCUT2D eigenvalue weighted by Crippen LogP contribution is -2.27. The average molecular weight is 429 g/mol. The minimum atomic E-state index is -0.735. The summed E-state index contributed by atoms with van der Waals surface area (Å²) in [6.07, 6.45) is 6.19. The van der Waals surface area contributed by atoms with E-state index in [9.17, 15) is 14.0 Å². The normalized spacial score (nSPS) is 13.8. The van der Waals surface area contributed by atoms with Gasteiger partial charge in [-0.2, -0.15) is 0 Å². The third-order valence-electron chi connectivity index (χ3n) is 3.01. The highest BCUT2D eigenvalue weighted by atomic mass is 127. The number of anilines is 1. The van der Waals surface area contributed by atoms with E-state index in [0.29, 0.717) is 9.26 Å². The Morgan fingerprint density at radius 3 is 2.39 bits per heavy atom. The van der Waals surface area contributed by atoms with Crippen LogP contribution in [0.4, 0.5) is 10.1 Å². The molecule has 0 saturated heterocycles. The molecule has 2 rings (SSSR count). The molecule has 23 heavy (non-hydrogen) atoms. The number of benzene rings is 1. The number of hydrogen-bond donors (Lipinski definition) is 0. The molecule has 5 nitrogen and oxygen atoms in total. The Kier molecular flexibility index (Phi) is 5.54. The molecule has 0 fully saturated rings. The first kappa shape index (κ1) is 17.2. The number of ether oxygens (including phenoxy) is 2. The molecule has 7 heteroatoms. The molecular weight excluding hydrogens is 416 g/mol. The van der Waals surface area contributed by atoms with Crippen molar-refractivity contribution in [2.75, 3.05) is 19.1 Å². The van der Waals surface area contributed by atoms with E-state index in [1.165, 1.54) is 37.3 Å². The van der Waals surface area contributed by atoms with Crippen molar-refractivity contribution in [3.63, 3.8) is 0 Å². The molecular formula is C16H13FINO4. The van der Waals surface area contributed by atoms with Crippen LogP contribution in [-0.2, 0) is 19.1 Å². The number of methoxy groups -OCH3 is 2. The molecule has 1 aromatic carbocycles. The number of carbonyl (C=O) groups is 2. The second-order valence-electron chi connectivity index (χ2n) is 4.44. The highest BCUT2D eigenvalue weighted by Gasteiger charge is 2.27. The van der Waals surface area contributed by atoms with Crippen molar-refractivity contribution in [3.05, 3.63) is 63.3 Å². The molecule has 1 aliphatic heterocycles. The van der Waals surface area contributed by atoms with Gasteiger partial charge in [-0.15, -0.1) is 0 Å². The highest BCUT2D eigenvalue weighted by molar-refractivity contribution is 14.1. The Morgan fingerprint density at radius 2 is 1.78 bits per heavy atom. The van der Waals surface area contributed by atoms with Crippen LogP contribution in [0.2, 0.25) is 0 Å². The molecule has 1 aromatic rings. The van der Waals surface area contributed by atoms with Gasteiger partial charge in [0.1, 0.15) is 11.5 Å². The summed E-state index contributed by atoms with van der Waals surface area (Å²) in [6, 6.07) is 4.29. The topological polar surface area (TPSA) is 55.8 Å². The average Bonchev–Trinajstić information content (AvgIpc) is 2.75. The summed E-state index contributed by atoms with van der Waals surface area (Å²) >= 11 is 1.97. The van der Waals surface area contributed by atoms with E-state index in [0.717, 1.165) is 0 Å². The first-order chi connectivity index (χ1) is 11.0. The van der Waals surface area contributed by atoms with Crippen LogP contribution in [0.25, 0.3) is 0 Å². The zero-order valence-electron chi connectivity index (χ0n) is 12.4. The van der Waals surface area contributed by atoms with Crippen molar-refractivity contribution in [1.29, 1.82) is 0 Å². The van der Waals surface area contributed by atoms with Crippen LogP contribution in [0.3, 0.4) is 0 Å². The monoisotopic (exact) mass is 429 g/mol. The van der Waals surface area contributed by atoms with Crippen LogP contribution < -0.4 is 4.90 Å². The SMILES string of the molecule is COC(=O)C1=C(C(=O)OC)N(c2cc(F)cc(I)c2)C=CC=C1. The van der Waals surface area contributed by atoms with Gasteiger partial charge in [0, 0.05) is 15.5 Å². The van der Waals surface area contributed by atoms with Crippen LogP contribution >= 0.6 is 22.6 Å². The molecule has 0 atom stereocenters. The molecule has 0 radical (unpaired) electrons. The standard InChI is InChI=1S/C16H13FINO4/c1-22-15(20)13-5-3-4-6-19(14(13)16(21)23-2)12-8-10(17)7-11(18)9-12/h3-9H,1-2H3. The van der Waals surface area contributed by atoms with E-state index >= 15 is 0 Å². The number of esters is 2. The van der Waals surface area contributed by atoms with Crippen molar-refractivity contribution in [2.24, 2.45) is 0 Å². The van der Waals surface area contributed by atoms with Gasteiger partial charge < -0.3 is 14.4 Å². The van der Waals surface area contributed by atoms with Crippen molar-refractivity contribution >= 4 is 40.2 Å². The number of halogens is 2. The Morgan fingerprint density at radius 1 is 1.09 bits per heavy atom. The Bertz CT molecular complexity index is 719. The maximum Gasteiger partial charge on any atom is 0.355 e. The van der Waals surface area contributed by atoms with Gasteiger partial charge in [0.05, 0.1) is 19.8 Å². The number of hydrogen-bond acceptors (Lipinski definition) is 5. The zero-order valence-corrected chi connectivity index (χ0v) is 14.5. The van der Waals surface area contributed by atoms with Crippen molar-refractivity contribution in [3.8, 4) is 0 Å². The number of nitrogens with zero attached hydrogens (tertiary/aromatic N) is 1. The van der Waals surface area contributed by atoms with Crippen molar-refractivity contribution in [2.45, 2.75) is 0 Å².